The maximum Gasteiger partial charge on any atom is 0.229 e. The van der Waals surface area contributed by atoms with Crippen molar-refractivity contribution in [2.45, 2.75) is 25.7 Å². The lowest BCUT2D eigenvalue weighted by Crippen LogP contribution is -2.42. The molecular formula is C16H25ClN2O. The second-order valence-corrected chi connectivity index (χ2v) is 5.46. The molecule has 0 radical (unpaired) electrons. The minimum Gasteiger partial charge on any atom is -0.342 e. The molecule has 1 atom stereocenters. The van der Waals surface area contributed by atoms with E-state index in [1.54, 1.807) is 0 Å². The number of hydrogen-bond donors (Lipinski definition) is 1. The summed E-state index contributed by atoms with van der Waals surface area (Å²) < 4.78 is 0. The van der Waals surface area contributed by atoms with Crippen LogP contribution in [0.25, 0.3) is 0 Å². The second kappa shape index (κ2) is 8.28. The third-order valence-corrected chi connectivity index (χ3v) is 4.09. The summed E-state index contributed by atoms with van der Waals surface area (Å²) in [6.07, 6.45) is 2.24. The molecule has 1 amide bonds. The number of hydrogen-bond acceptors (Lipinski definition) is 2. The summed E-state index contributed by atoms with van der Waals surface area (Å²) in [5.74, 6) is 0.970. The number of halogens is 1. The van der Waals surface area contributed by atoms with Crippen LogP contribution < -0.4 is 5.32 Å². The highest BCUT2D eigenvalue weighted by Gasteiger charge is 2.26. The van der Waals surface area contributed by atoms with Gasteiger partial charge in [-0.3, -0.25) is 4.79 Å². The molecule has 3 nitrogen and oxygen atoms in total. The first-order valence-corrected chi connectivity index (χ1v) is 7.20. The Morgan fingerprint density at radius 1 is 1.30 bits per heavy atom. The Kier molecular flexibility index (Phi) is 7.03. The van der Waals surface area contributed by atoms with Crippen LogP contribution in [0.15, 0.2) is 30.3 Å². The van der Waals surface area contributed by atoms with Crippen molar-refractivity contribution in [1.82, 2.24) is 10.2 Å². The first-order valence-electron chi connectivity index (χ1n) is 7.20. The highest BCUT2D eigenvalue weighted by molar-refractivity contribution is 5.85. The summed E-state index contributed by atoms with van der Waals surface area (Å²) in [6.45, 7) is 4.89. The number of amides is 1. The van der Waals surface area contributed by atoms with E-state index in [4.69, 9.17) is 0 Å². The lowest BCUT2D eigenvalue weighted by atomic mass is 9.94. The molecule has 1 unspecified atom stereocenters. The Balaban J connectivity index is 0.00000200. The van der Waals surface area contributed by atoms with Crippen LogP contribution in [-0.4, -0.2) is 37.5 Å². The van der Waals surface area contributed by atoms with Crippen LogP contribution in [0.5, 0.6) is 0 Å². The van der Waals surface area contributed by atoms with E-state index < -0.39 is 0 Å². The number of benzene rings is 1. The van der Waals surface area contributed by atoms with E-state index in [0.717, 1.165) is 44.0 Å². The van der Waals surface area contributed by atoms with Crippen molar-refractivity contribution in [3.63, 3.8) is 0 Å². The summed E-state index contributed by atoms with van der Waals surface area (Å²) in [6, 6.07) is 10.1. The van der Waals surface area contributed by atoms with Crippen molar-refractivity contribution in [1.29, 1.82) is 0 Å². The molecule has 2 rings (SSSR count). The summed E-state index contributed by atoms with van der Waals surface area (Å²) in [4.78, 5) is 14.5. The summed E-state index contributed by atoms with van der Waals surface area (Å²) >= 11 is 0. The van der Waals surface area contributed by atoms with Crippen molar-refractivity contribution < 1.29 is 4.79 Å². The minimum absolute atomic E-state index is 0. The maximum absolute atomic E-state index is 12.5. The fourth-order valence-corrected chi connectivity index (χ4v) is 2.80. The highest BCUT2D eigenvalue weighted by atomic mass is 35.5. The van der Waals surface area contributed by atoms with Crippen molar-refractivity contribution in [2.24, 2.45) is 5.92 Å². The molecule has 1 fully saturated rings. The normalized spacial score (nSPS) is 17.4. The zero-order valence-electron chi connectivity index (χ0n) is 12.3. The van der Waals surface area contributed by atoms with E-state index in [0.29, 0.717) is 0 Å². The van der Waals surface area contributed by atoms with Crippen molar-refractivity contribution >= 4 is 18.3 Å². The topological polar surface area (TPSA) is 32.3 Å². The number of piperidine rings is 1. The van der Waals surface area contributed by atoms with Gasteiger partial charge in [-0.25, -0.2) is 0 Å². The number of nitrogens with zero attached hydrogens (tertiary/aromatic N) is 1. The molecule has 112 valence electrons. The zero-order valence-corrected chi connectivity index (χ0v) is 13.2. The van der Waals surface area contributed by atoms with E-state index in [1.165, 1.54) is 0 Å². The Labute approximate surface area is 128 Å². The summed E-state index contributed by atoms with van der Waals surface area (Å²) in [7, 11) is 2.00. The lowest BCUT2D eigenvalue weighted by Gasteiger charge is -2.33. The van der Waals surface area contributed by atoms with Gasteiger partial charge in [0.05, 0.1) is 5.92 Å². The van der Waals surface area contributed by atoms with Crippen LogP contribution in [0.3, 0.4) is 0 Å². The average molecular weight is 297 g/mol. The van der Waals surface area contributed by atoms with E-state index in [2.05, 4.69) is 5.32 Å². The van der Waals surface area contributed by atoms with Gasteiger partial charge in [-0.05, 0) is 44.8 Å². The number of nitrogens with one attached hydrogen (secondary N) is 1. The minimum atomic E-state index is -0.0259. The predicted molar refractivity (Wildman–Crippen MR) is 85.3 cm³/mol. The number of carbonyl (C=O) groups is 1. The maximum atomic E-state index is 12.5. The fourth-order valence-electron chi connectivity index (χ4n) is 2.80. The molecule has 1 heterocycles. The van der Waals surface area contributed by atoms with Gasteiger partial charge >= 0.3 is 0 Å². The monoisotopic (exact) mass is 296 g/mol. The van der Waals surface area contributed by atoms with Crippen molar-refractivity contribution in [3.05, 3.63) is 35.9 Å². The standard InChI is InChI=1S/C16H24N2O.ClH/c1-13(15-6-4-3-5-7-15)16(19)18-10-8-14(9-11-18)12-17-2;/h3-7,13-14,17H,8-12H2,1-2H3;1H. The van der Waals surface area contributed by atoms with Gasteiger partial charge in [-0.2, -0.15) is 0 Å². The largest absolute Gasteiger partial charge is 0.342 e. The molecule has 0 aliphatic carbocycles. The average Bonchev–Trinajstić information content (AvgIpc) is 2.48. The Hall–Kier alpha value is -1.06. The Morgan fingerprint density at radius 3 is 2.45 bits per heavy atom. The van der Waals surface area contributed by atoms with Crippen LogP contribution in [-0.2, 0) is 4.79 Å². The third-order valence-electron chi connectivity index (χ3n) is 4.09. The number of carbonyl (C=O) groups excluding carboxylic acids is 1. The van der Waals surface area contributed by atoms with Gasteiger partial charge in [0.2, 0.25) is 5.91 Å². The first kappa shape index (κ1) is 17.0. The van der Waals surface area contributed by atoms with Gasteiger partial charge in [-0.1, -0.05) is 30.3 Å². The third kappa shape index (κ3) is 4.22. The van der Waals surface area contributed by atoms with Crippen LogP contribution in [0, 0.1) is 5.92 Å². The fraction of sp³-hybridized carbons (Fsp3) is 0.562. The van der Waals surface area contributed by atoms with Gasteiger partial charge in [-0.15, -0.1) is 12.4 Å². The van der Waals surface area contributed by atoms with Crippen molar-refractivity contribution in [2.75, 3.05) is 26.7 Å². The van der Waals surface area contributed by atoms with E-state index >= 15 is 0 Å². The highest BCUT2D eigenvalue weighted by Crippen LogP contribution is 2.22. The number of likely N-dealkylation sites (tertiary alicyclic amines) is 1. The smallest absolute Gasteiger partial charge is 0.229 e. The van der Waals surface area contributed by atoms with Gasteiger partial charge in [0.1, 0.15) is 0 Å². The summed E-state index contributed by atoms with van der Waals surface area (Å²) in [5.41, 5.74) is 1.12. The van der Waals surface area contributed by atoms with Crippen LogP contribution in [0.1, 0.15) is 31.2 Å². The van der Waals surface area contributed by atoms with Gasteiger partial charge < -0.3 is 10.2 Å². The lowest BCUT2D eigenvalue weighted by molar-refractivity contribution is -0.133. The van der Waals surface area contributed by atoms with Crippen LogP contribution >= 0.6 is 12.4 Å². The van der Waals surface area contributed by atoms with Crippen LogP contribution in [0.2, 0.25) is 0 Å². The van der Waals surface area contributed by atoms with Crippen LogP contribution in [0.4, 0.5) is 0 Å². The molecule has 0 bridgehead atoms. The molecule has 20 heavy (non-hydrogen) atoms. The molecule has 1 aromatic rings. The molecule has 1 aliphatic heterocycles. The molecule has 1 saturated heterocycles. The van der Waals surface area contributed by atoms with E-state index in [9.17, 15) is 4.79 Å². The molecule has 1 aromatic carbocycles. The van der Waals surface area contributed by atoms with Gasteiger partial charge in [0.25, 0.3) is 0 Å². The number of rotatable bonds is 4. The SMILES string of the molecule is CNCC1CCN(C(=O)C(C)c2ccccc2)CC1.Cl. The first-order chi connectivity index (χ1) is 9.22. The predicted octanol–water partition coefficient (Wildman–Crippen LogP) is 2.67. The molecule has 4 heteroatoms. The molecular weight excluding hydrogens is 272 g/mol. The molecule has 0 saturated carbocycles. The van der Waals surface area contributed by atoms with Gasteiger partial charge in [0.15, 0.2) is 0 Å². The molecule has 0 aromatic heterocycles. The molecule has 1 aliphatic rings. The molecule has 0 spiro atoms. The summed E-state index contributed by atoms with van der Waals surface area (Å²) in [5, 5.41) is 3.23. The zero-order chi connectivity index (χ0) is 13.7. The van der Waals surface area contributed by atoms with Crippen molar-refractivity contribution in [3.8, 4) is 0 Å². The Bertz CT molecular complexity index is 402. The molecule has 1 N–H and O–H groups in total. The Morgan fingerprint density at radius 2 is 1.90 bits per heavy atom. The van der Waals surface area contributed by atoms with Gasteiger partial charge in [0, 0.05) is 13.1 Å². The quantitative estimate of drug-likeness (QED) is 0.926. The van der Waals surface area contributed by atoms with E-state index in [1.807, 2.05) is 49.2 Å². The second-order valence-electron chi connectivity index (χ2n) is 5.46. The van der Waals surface area contributed by atoms with E-state index in [-0.39, 0.29) is 24.2 Å².